The zero-order chi connectivity index (χ0) is 19.9. The number of rotatable bonds is 3. The molecule has 27 heavy (non-hydrogen) atoms. The van der Waals surface area contributed by atoms with E-state index in [4.69, 9.17) is 15.2 Å². The van der Waals surface area contributed by atoms with Gasteiger partial charge in [-0.25, -0.2) is 9.78 Å². The molecular formula is C18H17N5O4. The Balaban J connectivity index is 2.63. The van der Waals surface area contributed by atoms with E-state index in [2.05, 4.69) is 4.98 Å². The lowest BCUT2D eigenvalue weighted by molar-refractivity contribution is 0.395. The number of hydrogen-bond donors (Lipinski definition) is 1. The molecule has 0 radical (unpaired) electrons. The molecule has 9 heteroatoms. The fourth-order valence-electron chi connectivity index (χ4n) is 2.99. The first kappa shape index (κ1) is 18.0. The fourth-order valence-corrected chi connectivity index (χ4v) is 2.99. The van der Waals surface area contributed by atoms with Crippen LogP contribution < -0.4 is 26.5 Å². The Labute approximate surface area is 153 Å². The smallest absolute Gasteiger partial charge is 0.332 e. The van der Waals surface area contributed by atoms with Gasteiger partial charge in [0.25, 0.3) is 5.56 Å². The van der Waals surface area contributed by atoms with Gasteiger partial charge in [-0.2, -0.15) is 5.26 Å². The van der Waals surface area contributed by atoms with Gasteiger partial charge < -0.3 is 15.2 Å². The monoisotopic (exact) mass is 367 g/mol. The van der Waals surface area contributed by atoms with Crippen molar-refractivity contribution >= 4 is 16.9 Å². The van der Waals surface area contributed by atoms with Crippen LogP contribution in [0.1, 0.15) is 5.56 Å². The number of aromatic nitrogens is 3. The minimum atomic E-state index is -0.579. The first-order valence-electron chi connectivity index (χ1n) is 7.87. The van der Waals surface area contributed by atoms with Gasteiger partial charge in [-0.05, 0) is 12.1 Å². The number of hydrogen-bond acceptors (Lipinski definition) is 7. The molecule has 3 rings (SSSR count). The normalized spacial score (nSPS) is 10.6. The second kappa shape index (κ2) is 6.49. The van der Waals surface area contributed by atoms with Crippen molar-refractivity contribution in [3.8, 4) is 28.7 Å². The predicted octanol–water partition coefficient (Wildman–Crippen LogP) is 0.770. The van der Waals surface area contributed by atoms with Crippen LogP contribution >= 0.6 is 0 Å². The summed E-state index contributed by atoms with van der Waals surface area (Å²) in [4.78, 5) is 29.3. The molecule has 0 fully saturated rings. The number of nitrogens with two attached hydrogens (primary N) is 1. The maximum Gasteiger partial charge on any atom is 0.332 e. The molecule has 2 aromatic heterocycles. The van der Waals surface area contributed by atoms with Gasteiger partial charge in [0.2, 0.25) is 0 Å². The number of ether oxygens (including phenoxy) is 2. The molecule has 0 aliphatic carbocycles. The summed E-state index contributed by atoms with van der Waals surface area (Å²) in [6.45, 7) is 0. The molecule has 0 bridgehead atoms. The van der Waals surface area contributed by atoms with E-state index in [9.17, 15) is 14.9 Å². The van der Waals surface area contributed by atoms with Gasteiger partial charge in [-0.1, -0.05) is 0 Å². The number of nitriles is 1. The third-order valence-corrected chi connectivity index (χ3v) is 4.41. The maximum absolute atomic E-state index is 12.9. The summed E-state index contributed by atoms with van der Waals surface area (Å²) in [5.74, 6) is 0.843. The van der Waals surface area contributed by atoms with Crippen molar-refractivity contribution in [3.63, 3.8) is 0 Å². The van der Waals surface area contributed by atoms with Gasteiger partial charge in [0, 0.05) is 31.3 Å². The van der Waals surface area contributed by atoms with Crippen molar-refractivity contribution in [2.24, 2.45) is 14.1 Å². The second-order valence-electron chi connectivity index (χ2n) is 5.83. The highest BCUT2D eigenvalue weighted by molar-refractivity contribution is 5.99. The van der Waals surface area contributed by atoms with Gasteiger partial charge >= 0.3 is 5.69 Å². The quantitative estimate of drug-likeness (QED) is 0.725. The van der Waals surface area contributed by atoms with E-state index in [-0.39, 0.29) is 28.0 Å². The van der Waals surface area contributed by atoms with E-state index in [1.807, 2.05) is 6.07 Å². The number of pyridine rings is 1. The summed E-state index contributed by atoms with van der Waals surface area (Å²) >= 11 is 0. The maximum atomic E-state index is 12.9. The molecule has 0 amide bonds. The Morgan fingerprint density at radius 3 is 2.44 bits per heavy atom. The zero-order valence-corrected chi connectivity index (χ0v) is 15.2. The summed E-state index contributed by atoms with van der Waals surface area (Å²) < 4.78 is 12.8. The first-order chi connectivity index (χ1) is 12.8. The van der Waals surface area contributed by atoms with Crippen LogP contribution in [0.15, 0.2) is 27.8 Å². The van der Waals surface area contributed by atoms with Crippen LogP contribution in [-0.4, -0.2) is 28.3 Å². The zero-order valence-electron chi connectivity index (χ0n) is 15.2. The van der Waals surface area contributed by atoms with Gasteiger partial charge in [-0.15, -0.1) is 0 Å². The molecule has 9 nitrogen and oxygen atoms in total. The highest BCUT2D eigenvalue weighted by Gasteiger charge is 2.23. The Hall–Kier alpha value is -3.80. The molecule has 0 aliphatic heterocycles. The van der Waals surface area contributed by atoms with E-state index in [0.29, 0.717) is 17.1 Å². The van der Waals surface area contributed by atoms with Gasteiger partial charge in [0.15, 0.2) is 5.65 Å². The van der Waals surface area contributed by atoms with Crippen LogP contribution in [0.3, 0.4) is 0 Å². The average molecular weight is 367 g/mol. The third kappa shape index (κ3) is 2.58. The van der Waals surface area contributed by atoms with Crippen molar-refractivity contribution in [3.05, 3.63) is 44.6 Å². The molecule has 2 heterocycles. The molecule has 0 spiro atoms. The summed E-state index contributed by atoms with van der Waals surface area (Å²) in [5.41, 5.74) is 5.69. The molecule has 3 aromatic rings. The number of fused-ring (bicyclic) bond motifs is 1. The average Bonchev–Trinajstić information content (AvgIpc) is 2.69. The number of methoxy groups -OCH3 is 2. The Bertz CT molecular complexity index is 1230. The summed E-state index contributed by atoms with van der Waals surface area (Å²) in [5, 5.41) is 9.76. The molecule has 0 aliphatic rings. The Morgan fingerprint density at radius 1 is 1.15 bits per heavy atom. The number of aryl methyl sites for hydroxylation is 1. The predicted molar refractivity (Wildman–Crippen MR) is 99.9 cm³/mol. The summed E-state index contributed by atoms with van der Waals surface area (Å²) in [7, 11) is 5.82. The van der Waals surface area contributed by atoms with Crippen molar-refractivity contribution in [2.45, 2.75) is 0 Å². The van der Waals surface area contributed by atoms with Gasteiger partial charge in [0.05, 0.1) is 19.6 Å². The van der Waals surface area contributed by atoms with Crippen LogP contribution in [-0.2, 0) is 14.1 Å². The van der Waals surface area contributed by atoms with Crippen molar-refractivity contribution in [1.82, 2.24) is 14.1 Å². The van der Waals surface area contributed by atoms with E-state index < -0.39 is 11.2 Å². The molecule has 1 aromatic carbocycles. The number of benzene rings is 1. The first-order valence-corrected chi connectivity index (χ1v) is 7.87. The second-order valence-corrected chi connectivity index (χ2v) is 5.83. The van der Waals surface area contributed by atoms with Crippen molar-refractivity contribution in [1.29, 1.82) is 5.26 Å². The van der Waals surface area contributed by atoms with E-state index in [1.54, 1.807) is 18.2 Å². The molecule has 0 atom stereocenters. The van der Waals surface area contributed by atoms with E-state index >= 15 is 0 Å². The summed E-state index contributed by atoms with van der Waals surface area (Å²) in [6.07, 6.45) is 0. The van der Waals surface area contributed by atoms with Crippen LogP contribution in [0.4, 0.5) is 5.82 Å². The minimum Gasteiger partial charge on any atom is -0.497 e. The lowest BCUT2D eigenvalue weighted by atomic mass is 9.96. The highest BCUT2D eigenvalue weighted by Crippen LogP contribution is 2.39. The topological polar surface area (TPSA) is 125 Å². The van der Waals surface area contributed by atoms with Crippen molar-refractivity contribution in [2.75, 3.05) is 20.0 Å². The van der Waals surface area contributed by atoms with Gasteiger partial charge in [-0.3, -0.25) is 13.9 Å². The molecule has 0 unspecified atom stereocenters. The Morgan fingerprint density at radius 2 is 1.85 bits per heavy atom. The largest absolute Gasteiger partial charge is 0.497 e. The van der Waals surface area contributed by atoms with Crippen LogP contribution in [0.2, 0.25) is 0 Å². The van der Waals surface area contributed by atoms with E-state index in [1.165, 1.54) is 32.9 Å². The number of nitrogens with zero attached hydrogens (tertiary/aromatic N) is 4. The molecule has 0 saturated heterocycles. The van der Waals surface area contributed by atoms with Gasteiger partial charge in [0.1, 0.15) is 28.9 Å². The molecule has 138 valence electrons. The SMILES string of the molecule is COc1ccc(-c2c(C#N)c(N)nc3c2c(=O)n(C)c(=O)n3C)c(OC)c1. The number of nitrogen functional groups attached to an aromatic ring is 1. The van der Waals surface area contributed by atoms with E-state index in [0.717, 1.165) is 4.57 Å². The standard InChI is InChI=1S/C18H17N5O4/c1-22-16-14(17(24)23(2)18(22)25)13(11(8-19)15(20)21-16)10-6-5-9(26-3)7-12(10)27-4/h5-7H,1-4H3,(H2,20,21). The minimum absolute atomic E-state index is 0.0294. The molecule has 0 saturated carbocycles. The number of anilines is 1. The molecule has 2 N–H and O–H groups in total. The summed E-state index contributed by atoms with van der Waals surface area (Å²) in [6, 6.07) is 6.97. The van der Waals surface area contributed by atoms with Crippen LogP contribution in [0.25, 0.3) is 22.2 Å². The Kier molecular flexibility index (Phi) is 4.33. The molecular weight excluding hydrogens is 350 g/mol. The van der Waals surface area contributed by atoms with Crippen molar-refractivity contribution < 1.29 is 9.47 Å². The lowest BCUT2D eigenvalue weighted by Gasteiger charge is -2.16. The fraction of sp³-hybridized carbons (Fsp3) is 0.222. The van der Waals surface area contributed by atoms with Crippen LogP contribution in [0.5, 0.6) is 11.5 Å². The third-order valence-electron chi connectivity index (χ3n) is 4.41. The highest BCUT2D eigenvalue weighted by atomic mass is 16.5. The lowest BCUT2D eigenvalue weighted by Crippen LogP contribution is -2.37. The van der Waals surface area contributed by atoms with Crippen LogP contribution in [0, 0.1) is 11.3 Å².